The van der Waals surface area contributed by atoms with Crippen LogP contribution in [0.2, 0.25) is 0 Å². The average molecular weight is 403 g/mol. The quantitative estimate of drug-likeness (QED) is 0.552. The van der Waals surface area contributed by atoms with E-state index in [1.165, 1.54) is 11.1 Å². The first kappa shape index (κ1) is 19.0. The van der Waals surface area contributed by atoms with Crippen molar-refractivity contribution in [1.82, 2.24) is 24.5 Å². The molecule has 0 radical (unpaired) electrons. The van der Waals surface area contributed by atoms with Gasteiger partial charge in [-0.1, -0.05) is 42.0 Å². The van der Waals surface area contributed by atoms with Crippen LogP contribution in [0.1, 0.15) is 23.0 Å². The van der Waals surface area contributed by atoms with Crippen LogP contribution >= 0.6 is 0 Å². The van der Waals surface area contributed by atoms with Gasteiger partial charge in [-0.15, -0.1) is 5.10 Å². The van der Waals surface area contributed by atoms with Crippen molar-refractivity contribution in [2.75, 3.05) is 38.2 Å². The minimum absolute atomic E-state index is 0.224. The smallest absolute Gasteiger partial charge is 0.226 e. The van der Waals surface area contributed by atoms with Gasteiger partial charge < -0.3 is 10.1 Å². The molecule has 154 valence electrons. The SMILES string of the molecule is Cc1ccc(C(CNc2nc3ccccc3c3nc(C)nn23)N2CCOCC2)cc1. The Balaban J connectivity index is 1.49. The van der Waals surface area contributed by atoms with Crippen molar-refractivity contribution >= 4 is 22.5 Å². The van der Waals surface area contributed by atoms with E-state index in [0.29, 0.717) is 0 Å². The highest BCUT2D eigenvalue weighted by Crippen LogP contribution is 2.25. The molecule has 1 atom stereocenters. The molecule has 2 aromatic carbocycles. The predicted octanol–water partition coefficient (Wildman–Crippen LogP) is 3.38. The second-order valence-corrected chi connectivity index (χ2v) is 7.80. The number of para-hydroxylation sites is 1. The van der Waals surface area contributed by atoms with Crippen LogP contribution in [0.3, 0.4) is 0 Å². The lowest BCUT2D eigenvalue weighted by Gasteiger charge is -2.35. The molecule has 7 heteroatoms. The van der Waals surface area contributed by atoms with Gasteiger partial charge in [0.2, 0.25) is 5.95 Å². The van der Waals surface area contributed by atoms with Gasteiger partial charge in [0.25, 0.3) is 0 Å². The first-order chi connectivity index (χ1) is 14.7. The zero-order valence-corrected chi connectivity index (χ0v) is 17.4. The Labute approximate surface area is 175 Å². The normalized spacial score (nSPS) is 16.2. The van der Waals surface area contributed by atoms with E-state index in [1.54, 1.807) is 0 Å². The first-order valence-electron chi connectivity index (χ1n) is 10.4. The molecular weight excluding hydrogens is 376 g/mol. The molecule has 4 aromatic rings. The Morgan fingerprint density at radius 1 is 1.00 bits per heavy atom. The molecule has 1 fully saturated rings. The molecule has 3 heterocycles. The molecule has 1 aliphatic rings. The molecule has 5 rings (SSSR count). The van der Waals surface area contributed by atoms with Crippen LogP contribution in [0.5, 0.6) is 0 Å². The maximum Gasteiger partial charge on any atom is 0.226 e. The van der Waals surface area contributed by atoms with Crippen LogP contribution < -0.4 is 5.32 Å². The monoisotopic (exact) mass is 402 g/mol. The first-order valence-corrected chi connectivity index (χ1v) is 10.4. The summed E-state index contributed by atoms with van der Waals surface area (Å²) in [7, 11) is 0. The minimum Gasteiger partial charge on any atom is -0.379 e. The number of ether oxygens (including phenoxy) is 1. The number of hydrogen-bond acceptors (Lipinski definition) is 6. The van der Waals surface area contributed by atoms with Gasteiger partial charge in [-0.25, -0.2) is 9.97 Å². The molecule has 0 saturated carbocycles. The van der Waals surface area contributed by atoms with Crippen molar-refractivity contribution < 1.29 is 4.74 Å². The van der Waals surface area contributed by atoms with E-state index < -0.39 is 0 Å². The number of nitrogens with one attached hydrogen (secondary N) is 1. The van der Waals surface area contributed by atoms with Crippen LogP contribution in [0.4, 0.5) is 5.95 Å². The number of hydrogen-bond donors (Lipinski definition) is 1. The Morgan fingerprint density at radius 3 is 2.57 bits per heavy atom. The van der Waals surface area contributed by atoms with Crippen LogP contribution in [-0.4, -0.2) is 57.3 Å². The number of nitrogens with zero attached hydrogens (tertiary/aromatic N) is 5. The fourth-order valence-electron chi connectivity index (χ4n) is 4.10. The van der Waals surface area contributed by atoms with Crippen LogP contribution in [0.25, 0.3) is 16.6 Å². The number of aromatic nitrogens is 4. The average Bonchev–Trinajstić information content (AvgIpc) is 3.18. The van der Waals surface area contributed by atoms with E-state index in [-0.39, 0.29) is 6.04 Å². The third kappa shape index (κ3) is 3.62. The Morgan fingerprint density at radius 2 is 1.77 bits per heavy atom. The second-order valence-electron chi connectivity index (χ2n) is 7.80. The molecule has 1 aliphatic heterocycles. The molecule has 0 amide bonds. The van der Waals surface area contributed by atoms with Gasteiger partial charge in [0.1, 0.15) is 5.82 Å². The van der Waals surface area contributed by atoms with E-state index in [1.807, 2.05) is 35.7 Å². The van der Waals surface area contributed by atoms with Gasteiger partial charge in [-0.3, -0.25) is 4.90 Å². The maximum atomic E-state index is 5.58. The highest BCUT2D eigenvalue weighted by molar-refractivity contribution is 5.92. The summed E-state index contributed by atoms with van der Waals surface area (Å²) >= 11 is 0. The highest BCUT2D eigenvalue weighted by Gasteiger charge is 2.23. The zero-order chi connectivity index (χ0) is 20.5. The summed E-state index contributed by atoms with van der Waals surface area (Å²) in [6.07, 6.45) is 0. The molecule has 7 nitrogen and oxygen atoms in total. The van der Waals surface area contributed by atoms with Gasteiger partial charge in [-0.05, 0) is 31.5 Å². The minimum atomic E-state index is 0.224. The van der Waals surface area contributed by atoms with Crippen molar-refractivity contribution in [3.63, 3.8) is 0 Å². The molecule has 2 aromatic heterocycles. The summed E-state index contributed by atoms with van der Waals surface area (Å²) < 4.78 is 7.40. The highest BCUT2D eigenvalue weighted by atomic mass is 16.5. The molecule has 0 aliphatic carbocycles. The van der Waals surface area contributed by atoms with Gasteiger partial charge in [0, 0.05) is 25.0 Å². The molecule has 1 unspecified atom stereocenters. The van der Waals surface area contributed by atoms with Crippen LogP contribution in [-0.2, 0) is 4.74 Å². The number of rotatable bonds is 5. The van der Waals surface area contributed by atoms with Crippen molar-refractivity contribution in [2.24, 2.45) is 0 Å². The van der Waals surface area contributed by atoms with E-state index in [4.69, 9.17) is 9.72 Å². The number of aryl methyl sites for hydroxylation is 2. The fourth-order valence-corrected chi connectivity index (χ4v) is 4.10. The molecule has 1 N–H and O–H groups in total. The second kappa shape index (κ2) is 8.01. The summed E-state index contributed by atoms with van der Waals surface area (Å²) in [5.41, 5.74) is 4.31. The van der Waals surface area contributed by atoms with Crippen molar-refractivity contribution in [1.29, 1.82) is 0 Å². The number of benzene rings is 2. The third-order valence-electron chi connectivity index (χ3n) is 5.69. The number of fused-ring (bicyclic) bond motifs is 3. The molecular formula is C23H26N6O. The van der Waals surface area contributed by atoms with E-state index >= 15 is 0 Å². The van der Waals surface area contributed by atoms with Gasteiger partial charge in [0.05, 0.1) is 24.8 Å². The summed E-state index contributed by atoms with van der Waals surface area (Å²) in [6, 6.07) is 17.1. The number of morpholine rings is 1. The Hall–Kier alpha value is -3.03. The van der Waals surface area contributed by atoms with Crippen molar-refractivity contribution in [2.45, 2.75) is 19.9 Å². The van der Waals surface area contributed by atoms with Gasteiger partial charge in [-0.2, -0.15) is 4.52 Å². The molecule has 0 spiro atoms. The third-order valence-corrected chi connectivity index (χ3v) is 5.69. The van der Waals surface area contributed by atoms with E-state index in [2.05, 4.69) is 51.5 Å². The largest absolute Gasteiger partial charge is 0.379 e. The lowest BCUT2D eigenvalue weighted by Crippen LogP contribution is -2.41. The summed E-state index contributed by atoms with van der Waals surface area (Å²) in [5.74, 6) is 1.45. The summed E-state index contributed by atoms with van der Waals surface area (Å²) in [5, 5.41) is 9.16. The van der Waals surface area contributed by atoms with Crippen molar-refractivity contribution in [3.8, 4) is 0 Å². The van der Waals surface area contributed by atoms with Crippen LogP contribution in [0, 0.1) is 13.8 Å². The Bertz CT molecular complexity index is 1160. The predicted molar refractivity (Wildman–Crippen MR) is 118 cm³/mol. The standard InChI is InChI=1S/C23H26N6O/c1-16-7-9-18(10-8-16)21(28-11-13-30-14-12-28)15-24-23-26-20-6-4-3-5-19(20)22-25-17(2)27-29(22)23/h3-10,21H,11-15H2,1-2H3,(H,24,26). The van der Waals surface area contributed by atoms with Gasteiger partial charge in [0.15, 0.2) is 5.65 Å². The molecule has 0 bridgehead atoms. The molecule has 1 saturated heterocycles. The van der Waals surface area contributed by atoms with Gasteiger partial charge >= 0.3 is 0 Å². The number of anilines is 1. The summed E-state index contributed by atoms with van der Waals surface area (Å²) in [6.45, 7) is 8.13. The zero-order valence-electron chi connectivity index (χ0n) is 17.4. The Kier molecular flexibility index (Phi) is 5.06. The van der Waals surface area contributed by atoms with Crippen molar-refractivity contribution in [3.05, 3.63) is 65.5 Å². The lowest BCUT2D eigenvalue weighted by molar-refractivity contribution is 0.0187. The molecule has 30 heavy (non-hydrogen) atoms. The maximum absolute atomic E-state index is 5.58. The lowest BCUT2D eigenvalue weighted by atomic mass is 10.0. The topological polar surface area (TPSA) is 67.6 Å². The fraction of sp³-hybridized carbons (Fsp3) is 0.348. The van der Waals surface area contributed by atoms with E-state index in [9.17, 15) is 0 Å². The summed E-state index contributed by atoms with van der Waals surface area (Å²) in [4.78, 5) is 12.0. The van der Waals surface area contributed by atoms with Crippen LogP contribution in [0.15, 0.2) is 48.5 Å². The van der Waals surface area contributed by atoms with E-state index in [0.717, 1.165) is 61.2 Å².